The number of aromatic nitrogens is 2. The predicted octanol–water partition coefficient (Wildman–Crippen LogP) is 5.33. The second-order valence-corrected chi connectivity index (χ2v) is 8.47. The number of carbonyl (C=O) groups excluding carboxylic acids is 1. The monoisotopic (exact) mass is 403 g/mol. The molecule has 0 spiro atoms. The zero-order valence-corrected chi connectivity index (χ0v) is 17.7. The van der Waals surface area contributed by atoms with Crippen LogP contribution in [0.3, 0.4) is 0 Å². The highest BCUT2D eigenvalue weighted by Gasteiger charge is 2.28. The van der Waals surface area contributed by atoms with Crippen LogP contribution in [0.25, 0.3) is 16.5 Å². The smallest absolute Gasteiger partial charge is 0.255 e. The van der Waals surface area contributed by atoms with Crippen LogP contribution in [0, 0.1) is 26.7 Å². The Kier molecular flexibility index (Phi) is 4.31. The number of carbonyl (C=O) groups is 1. The van der Waals surface area contributed by atoms with Crippen molar-refractivity contribution in [3.05, 3.63) is 59.1 Å². The summed E-state index contributed by atoms with van der Waals surface area (Å²) in [6.07, 6.45) is 5.79. The third-order valence-electron chi connectivity index (χ3n) is 6.14. The summed E-state index contributed by atoms with van der Waals surface area (Å²) in [5.74, 6) is 2.63. The number of aryl methyl sites for hydroxylation is 3. The van der Waals surface area contributed by atoms with Gasteiger partial charge in [-0.25, -0.2) is 4.52 Å². The molecule has 0 bridgehead atoms. The Bertz CT molecular complexity index is 1280. The Labute approximate surface area is 174 Å². The van der Waals surface area contributed by atoms with Gasteiger partial charge in [0, 0.05) is 29.8 Å². The highest BCUT2D eigenvalue weighted by molar-refractivity contribution is 6.07. The average Bonchev–Trinajstić information content (AvgIpc) is 3.16. The number of nitrogens with zero attached hydrogens (tertiary/aromatic N) is 2. The molecule has 0 atom stereocenters. The topological polar surface area (TPSA) is 68.8 Å². The first-order chi connectivity index (χ1) is 14.4. The molecule has 1 saturated carbocycles. The van der Waals surface area contributed by atoms with Crippen molar-refractivity contribution in [1.29, 1.82) is 0 Å². The van der Waals surface area contributed by atoms with Crippen LogP contribution < -0.4 is 10.1 Å². The minimum absolute atomic E-state index is 0.0630. The number of rotatable bonds is 4. The molecule has 1 N–H and O–H groups in total. The molecule has 1 fully saturated rings. The normalized spacial score (nSPS) is 18.5. The van der Waals surface area contributed by atoms with Crippen LogP contribution in [0.2, 0.25) is 0 Å². The second-order valence-electron chi connectivity index (χ2n) is 8.47. The highest BCUT2D eigenvalue weighted by atomic mass is 16.5. The molecule has 0 unspecified atom stereocenters. The van der Waals surface area contributed by atoms with Crippen LogP contribution in [0.15, 0.2) is 41.1 Å². The van der Waals surface area contributed by atoms with Crippen molar-refractivity contribution in [2.75, 3.05) is 0 Å². The van der Waals surface area contributed by atoms with E-state index >= 15 is 0 Å². The van der Waals surface area contributed by atoms with E-state index in [-0.39, 0.29) is 11.9 Å². The summed E-state index contributed by atoms with van der Waals surface area (Å²) >= 11 is 0. The molecule has 4 aromatic rings. The van der Waals surface area contributed by atoms with Gasteiger partial charge in [-0.1, -0.05) is 6.92 Å². The van der Waals surface area contributed by atoms with Crippen molar-refractivity contribution in [3.8, 4) is 11.5 Å². The van der Waals surface area contributed by atoms with E-state index in [9.17, 15) is 4.79 Å². The molecule has 3 aromatic heterocycles. The molecule has 5 rings (SSSR count). The number of hydrogen-bond donors (Lipinski definition) is 1. The van der Waals surface area contributed by atoms with Crippen molar-refractivity contribution in [2.45, 2.75) is 46.6 Å². The molecular formula is C24H25N3O3. The number of fused-ring (bicyclic) bond motifs is 2. The quantitative estimate of drug-likeness (QED) is 0.500. The van der Waals surface area contributed by atoms with Gasteiger partial charge in [0.25, 0.3) is 5.91 Å². The maximum Gasteiger partial charge on any atom is 0.255 e. The molecule has 1 aliphatic rings. The van der Waals surface area contributed by atoms with Gasteiger partial charge in [-0.15, -0.1) is 0 Å². The van der Waals surface area contributed by atoms with Gasteiger partial charge in [-0.3, -0.25) is 4.79 Å². The largest absolute Gasteiger partial charge is 0.460 e. The van der Waals surface area contributed by atoms with Crippen LogP contribution in [-0.2, 0) is 0 Å². The first-order valence-corrected chi connectivity index (χ1v) is 10.4. The molecule has 6 nitrogen and oxygen atoms in total. The van der Waals surface area contributed by atoms with E-state index in [2.05, 4.69) is 31.2 Å². The average molecular weight is 403 g/mol. The molecule has 1 amide bonds. The summed E-state index contributed by atoms with van der Waals surface area (Å²) in [4.78, 5) is 12.8. The fourth-order valence-electron chi connectivity index (χ4n) is 4.38. The lowest BCUT2D eigenvalue weighted by atomic mass is 9.82. The van der Waals surface area contributed by atoms with E-state index in [1.165, 1.54) is 0 Å². The zero-order chi connectivity index (χ0) is 21.0. The van der Waals surface area contributed by atoms with Gasteiger partial charge in [-0.05, 0) is 62.8 Å². The lowest BCUT2D eigenvalue weighted by Gasteiger charge is -2.33. The summed E-state index contributed by atoms with van der Waals surface area (Å²) in [6.45, 7) is 8.16. The fraction of sp³-hybridized carbons (Fsp3) is 0.333. The number of benzene rings is 1. The summed E-state index contributed by atoms with van der Waals surface area (Å²) < 4.78 is 13.9. The van der Waals surface area contributed by atoms with E-state index in [0.29, 0.717) is 28.6 Å². The van der Waals surface area contributed by atoms with E-state index in [0.717, 1.165) is 40.6 Å². The summed E-state index contributed by atoms with van der Waals surface area (Å²) in [5.41, 5.74) is 4.50. The van der Waals surface area contributed by atoms with Crippen molar-refractivity contribution >= 4 is 22.4 Å². The van der Waals surface area contributed by atoms with Crippen LogP contribution in [0.5, 0.6) is 11.5 Å². The molecule has 0 aliphatic heterocycles. The minimum Gasteiger partial charge on any atom is -0.460 e. The Hall–Kier alpha value is -3.28. The molecular weight excluding hydrogens is 378 g/mol. The molecule has 3 heterocycles. The first kappa shape index (κ1) is 18.7. The van der Waals surface area contributed by atoms with E-state index in [1.807, 2.05) is 41.9 Å². The maximum atomic E-state index is 12.8. The van der Waals surface area contributed by atoms with Gasteiger partial charge in [0.15, 0.2) is 5.75 Å². The molecule has 0 saturated heterocycles. The van der Waals surface area contributed by atoms with E-state index in [4.69, 9.17) is 9.15 Å². The van der Waals surface area contributed by atoms with Crippen molar-refractivity contribution < 1.29 is 13.9 Å². The number of amides is 1. The van der Waals surface area contributed by atoms with Crippen LogP contribution in [0.1, 0.15) is 47.0 Å². The maximum absolute atomic E-state index is 12.8. The number of hydrogen-bond acceptors (Lipinski definition) is 4. The van der Waals surface area contributed by atoms with Crippen molar-refractivity contribution in [1.82, 2.24) is 14.9 Å². The van der Waals surface area contributed by atoms with Crippen LogP contribution in [-0.4, -0.2) is 21.6 Å². The lowest BCUT2D eigenvalue weighted by Crippen LogP contribution is -2.43. The first-order valence-electron chi connectivity index (χ1n) is 10.4. The van der Waals surface area contributed by atoms with Gasteiger partial charge in [0.05, 0.1) is 11.8 Å². The van der Waals surface area contributed by atoms with Gasteiger partial charge in [-0.2, -0.15) is 5.10 Å². The van der Waals surface area contributed by atoms with E-state index in [1.54, 1.807) is 6.20 Å². The van der Waals surface area contributed by atoms with Crippen molar-refractivity contribution in [3.63, 3.8) is 0 Å². The molecule has 1 aliphatic carbocycles. The molecule has 154 valence electrons. The molecule has 30 heavy (non-hydrogen) atoms. The zero-order valence-electron chi connectivity index (χ0n) is 17.7. The minimum atomic E-state index is -0.0630. The number of nitrogens with one attached hydrogen (secondary N) is 1. The molecule has 1 aromatic carbocycles. The van der Waals surface area contributed by atoms with Crippen LogP contribution >= 0.6 is 0 Å². The van der Waals surface area contributed by atoms with Crippen LogP contribution in [0.4, 0.5) is 0 Å². The summed E-state index contributed by atoms with van der Waals surface area (Å²) in [7, 11) is 0. The highest BCUT2D eigenvalue weighted by Crippen LogP contribution is 2.34. The third-order valence-corrected chi connectivity index (χ3v) is 6.14. The SMILES string of the molecule is Cc1cn2nccc(Oc3ccc4c(C(=O)NC5CC(C)C5)c(C)oc4c3)c2c1C. The van der Waals surface area contributed by atoms with Gasteiger partial charge in [0.2, 0.25) is 0 Å². The lowest BCUT2D eigenvalue weighted by molar-refractivity contribution is 0.0896. The van der Waals surface area contributed by atoms with E-state index < -0.39 is 0 Å². The van der Waals surface area contributed by atoms with Crippen molar-refractivity contribution in [2.24, 2.45) is 5.92 Å². The summed E-state index contributed by atoms with van der Waals surface area (Å²) in [5, 5.41) is 8.29. The number of ether oxygens (including phenoxy) is 1. The Morgan fingerprint density at radius 1 is 1.23 bits per heavy atom. The van der Waals surface area contributed by atoms with Gasteiger partial charge >= 0.3 is 0 Å². The summed E-state index contributed by atoms with van der Waals surface area (Å²) in [6, 6.07) is 7.74. The van der Waals surface area contributed by atoms with Gasteiger partial charge in [0.1, 0.15) is 22.6 Å². The molecule has 6 heteroatoms. The Morgan fingerprint density at radius 2 is 2.03 bits per heavy atom. The Balaban J connectivity index is 1.46. The second kappa shape index (κ2) is 6.90. The third kappa shape index (κ3) is 3.03. The Morgan fingerprint density at radius 3 is 2.80 bits per heavy atom. The fourth-order valence-corrected chi connectivity index (χ4v) is 4.38. The standard InChI is InChI=1S/C24H25N3O3/c1-13-9-17(10-13)26-24(28)22-16(4)29-21-11-18(5-6-19(21)22)30-20-7-8-25-27-12-14(2)15(3)23(20)27/h5-8,11-13,17H,9-10H2,1-4H3,(H,26,28). The predicted molar refractivity (Wildman–Crippen MR) is 115 cm³/mol. The number of furan rings is 1. The van der Waals surface area contributed by atoms with Gasteiger partial charge < -0.3 is 14.5 Å². The molecule has 0 radical (unpaired) electrons.